The molecule has 5 rings (SSSR count). The molecule has 9 heteroatoms. The Hall–Kier alpha value is -2.72. The molecule has 0 radical (unpaired) electrons. The van der Waals surface area contributed by atoms with Crippen LogP contribution in [0.25, 0.3) is 0 Å². The van der Waals surface area contributed by atoms with Crippen molar-refractivity contribution in [3.05, 3.63) is 93.8 Å². The van der Waals surface area contributed by atoms with E-state index in [-0.39, 0.29) is 11.9 Å². The van der Waals surface area contributed by atoms with Crippen LogP contribution in [-0.2, 0) is 17.6 Å². The Labute approximate surface area is 218 Å². The Morgan fingerprint density at radius 1 is 0.973 bits per heavy atom. The average Bonchev–Trinajstić information content (AvgIpc) is 3.33. The number of para-hydroxylation sites is 1. The molecule has 2 aliphatic rings. The van der Waals surface area contributed by atoms with Crippen LogP contribution < -0.4 is 9.47 Å². The van der Waals surface area contributed by atoms with Crippen molar-refractivity contribution < 1.29 is 39.0 Å². The third-order valence-corrected chi connectivity index (χ3v) is 7.19. The minimum Gasteiger partial charge on any atom is -0.490 e. The normalized spacial score (nSPS) is 27.0. The van der Waals surface area contributed by atoms with Crippen LogP contribution >= 0.6 is 11.6 Å². The van der Waals surface area contributed by atoms with E-state index in [9.17, 15) is 24.8 Å². The lowest BCUT2D eigenvalue weighted by Crippen LogP contribution is -2.55. The number of hydrogen-bond donors (Lipinski definition) is 4. The molecule has 1 saturated heterocycles. The van der Waals surface area contributed by atoms with Gasteiger partial charge >= 0.3 is 0 Å². The van der Waals surface area contributed by atoms with Crippen molar-refractivity contribution in [3.8, 4) is 11.5 Å². The molecule has 0 aliphatic carbocycles. The molecular formula is C28H28ClFO7. The van der Waals surface area contributed by atoms with Gasteiger partial charge in [-0.1, -0.05) is 48.0 Å². The molecule has 37 heavy (non-hydrogen) atoms. The van der Waals surface area contributed by atoms with Gasteiger partial charge in [0.2, 0.25) is 0 Å². The zero-order valence-electron chi connectivity index (χ0n) is 19.8. The Kier molecular flexibility index (Phi) is 7.67. The monoisotopic (exact) mass is 530 g/mol. The average molecular weight is 531 g/mol. The number of halogens is 2. The van der Waals surface area contributed by atoms with E-state index < -0.39 is 37.1 Å². The molecular weight excluding hydrogens is 503 g/mol. The summed E-state index contributed by atoms with van der Waals surface area (Å²) in [6.45, 7) is -0.201. The molecule has 196 valence electrons. The van der Waals surface area contributed by atoms with Gasteiger partial charge in [0.25, 0.3) is 0 Å². The number of ether oxygens (including phenoxy) is 3. The molecule has 0 aromatic heterocycles. The Morgan fingerprint density at radius 2 is 1.76 bits per heavy atom. The first-order valence-electron chi connectivity index (χ1n) is 12.1. The highest BCUT2D eigenvalue weighted by molar-refractivity contribution is 6.31. The van der Waals surface area contributed by atoms with Crippen molar-refractivity contribution in [2.24, 2.45) is 0 Å². The van der Waals surface area contributed by atoms with E-state index in [0.717, 1.165) is 16.7 Å². The van der Waals surface area contributed by atoms with Crippen LogP contribution in [0.1, 0.15) is 28.4 Å². The van der Waals surface area contributed by atoms with Crippen molar-refractivity contribution in [3.63, 3.8) is 0 Å². The Bertz CT molecular complexity index is 1240. The molecule has 6 atom stereocenters. The summed E-state index contributed by atoms with van der Waals surface area (Å²) in [6, 6.07) is 17.6. The zero-order valence-corrected chi connectivity index (χ0v) is 20.6. The molecule has 4 N–H and O–H groups in total. The smallest absolute Gasteiger partial charge is 0.165 e. The molecule has 3 aromatic rings. The van der Waals surface area contributed by atoms with Gasteiger partial charge < -0.3 is 34.6 Å². The van der Waals surface area contributed by atoms with Crippen molar-refractivity contribution in [1.29, 1.82) is 0 Å². The van der Waals surface area contributed by atoms with E-state index in [1.807, 2.05) is 30.3 Å². The molecule has 2 heterocycles. The summed E-state index contributed by atoms with van der Waals surface area (Å²) in [5.41, 5.74) is 3.16. The topological polar surface area (TPSA) is 109 Å². The Morgan fingerprint density at radius 3 is 2.49 bits per heavy atom. The van der Waals surface area contributed by atoms with Gasteiger partial charge in [-0.25, -0.2) is 4.39 Å². The van der Waals surface area contributed by atoms with Gasteiger partial charge in [-0.15, -0.1) is 0 Å². The van der Waals surface area contributed by atoms with Crippen molar-refractivity contribution >= 4 is 11.6 Å². The quantitative estimate of drug-likeness (QED) is 0.372. The highest BCUT2D eigenvalue weighted by atomic mass is 35.5. The number of rotatable bonds is 7. The molecule has 7 nitrogen and oxygen atoms in total. The van der Waals surface area contributed by atoms with Gasteiger partial charge in [-0.05, 0) is 47.4 Å². The summed E-state index contributed by atoms with van der Waals surface area (Å²) in [7, 11) is 0. The second-order valence-corrected chi connectivity index (χ2v) is 9.81. The molecule has 0 saturated carbocycles. The number of fused-ring (bicyclic) bond motifs is 1. The first-order chi connectivity index (χ1) is 17.8. The maximum Gasteiger partial charge on any atom is 0.165 e. The van der Waals surface area contributed by atoms with E-state index in [2.05, 4.69) is 0 Å². The van der Waals surface area contributed by atoms with Gasteiger partial charge in [-0.2, -0.15) is 0 Å². The fourth-order valence-electron chi connectivity index (χ4n) is 4.79. The highest BCUT2D eigenvalue weighted by Crippen LogP contribution is 2.35. The zero-order chi connectivity index (χ0) is 26.1. The lowest BCUT2D eigenvalue weighted by molar-refractivity contribution is -0.231. The number of aliphatic hydroxyl groups is 4. The van der Waals surface area contributed by atoms with Crippen LogP contribution in [-0.4, -0.2) is 64.2 Å². The number of hydrogen-bond acceptors (Lipinski definition) is 7. The van der Waals surface area contributed by atoms with E-state index >= 15 is 0 Å². The summed E-state index contributed by atoms with van der Waals surface area (Å²) < 4.78 is 31.1. The molecule has 0 bridgehead atoms. The Balaban J connectivity index is 1.22. The third-order valence-electron chi connectivity index (χ3n) is 6.83. The molecule has 0 spiro atoms. The molecule has 1 fully saturated rings. The van der Waals surface area contributed by atoms with E-state index in [4.69, 9.17) is 25.8 Å². The standard InChI is InChI=1S/C28H28ClFO7/c29-21-9-6-17(28-26(34)25(33)24(32)23(13-31)37-28)11-18(21)10-15-4-7-19(8-5-15)35-14-20-12-16-2-1-3-22(30)27(16)36-20/h1-9,11,20,23-26,28,31-34H,10,12-14H2/t20?,23-,24+,25-,26+,28-/m0/s1. The summed E-state index contributed by atoms with van der Waals surface area (Å²) in [5.74, 6) is 0.595. The van der Waals surface area contributed by atoms with Crippen LogP contribution in [0.5, 0.6) is 11.5 Å². The summed E-state index contributed by atoms with van der Waals surface area (Å²) in [4.78, 5) is 0. The first kappa shape index (κ1) is 25.9. The van der Waals surface area contributed by atoms with E-state index in [1.54, 1.807) is 24.3 Å². The summed E-state index contributed by atoms with van der Waals surface area (Å²) in [6.07, 6.45) is -5.32. The predicted molar refractivity (Wildman–Crippen MR) is 133 cm³/mol. The van der Waals surface area contributed by atoms with Gasteiger partial charge in [-0.3, -0.25) is 0 Å². The van der Waals surface area contributed by atoms with Gasteiger partial charge in [0.1, 0.15) is 49.0 Å². The van der Waals surface area contributed by atoms with Crippen LogP contribution in [0.2, 0.25) is 5.02 Å². The van der Waals surface area contributed by atoms with Crippen LogP contribution in [0, 0.1) is 5.82 Å². The van der Waals surface area contributed by atoms with Crippen molar-refractivity contribution in [2.75, 3.05) is 13.2 Å². The minimum atomic E-state index is -1.45. The third kappa shape index (κ3) is 5.45. The summed E-state index contributed by atoms with van der Waals surface area (Å²) in [5, 5.41) is 40.6. The van der Waals surface area contributed by atoms with Crippen LogP contribution in [0.3, 0.4) is 0 Å². The second kappa shape index (κ2) is 10.9. The largest absolute Gasteiger partial charge is 0.490 e. The highest BCUT2D eigenvalue weighted by Gasteiger charge is 2.44. The van der Waals surface area contributed by atoms with Crippen molar-refractivity contribution in [2.45, 2.75) is 49.5 Å². The minimum absolute atomic E-state index is 0.254. The SMILES string of the molecule is OC[C@@H]1O[C@@H](c2ccc(Cl)c(Cc3ccc(OCC4Cc5cccc(F)c5O4)cc3)c2)[C@H](O)[C@@H](O)[C@@H]1O. The molecule has 0 amide bonds. The maximum absolute atomic E-state index is 13.9. The molecule has 2 aliphatic heterocycles. The lowest BCUT2D eigenvalue weighted by atomic mass is 9.90. The van der Waals surface area contributed by atoms with E-state index in [1.165, 1.54) is 6.07 Å². The molecule has 1 unspecified atom stereocenters. The number of benzene rings is 3. The van der Waals surface area contributed by atoms with Crippen LogP contribution in [0.15, 0.2) is 60.7 Å². The van der Waals surface area contributed by atoms with Gasteiger partial charge in [0, 0.05) is 17.0 Å². The maximum atomic E-state index is 13.9. The number of aliphatic hydroxyl groups excluding tert-OH is 4. The van der Waals surface area contributed by atoms with Gasteiger partial charge in [0.05, 0.1) is 6.61 Å². The van der Waals surface area contributed by atoms with Gasteiger partial charge in [0.15, 0.2) is 11.6 Å². The predicted octanol–water partition coefficient (Wildman–Crippen LogP) is 2.97. The van der Waals surface area contributed by atoms with Crippen molar-refractivity contribution in [1.82, 2.24) is 0 Å². The second-order valence-electron chi connectivity index (χ2n) is 9.40. The fourth-order valence-corrected chi connectivity index (χ4v) is 4.97. The molecule has 3 aromatic carbocycles. The van der Waals surface area contributed by atoms with Crippen LogP contribution in [0.4, 0.5) is 4.39 Å². The fraction of sp³-hybridized carbons (Fsp3) is 0.357. The first-order valence-corrected chi connectivity index (χ1v) is 12.5. The lowest BCUT2D eigenvalue weighted by Gasteiger charge is -2.40. The van der Waals surface area contributed by atoms with E-state index in [0.29, 0.717) is 41.5 Å². The summed E-state index contributed by atoms with van der Waals surface area (Å²) >= 11 is 6.43.